The number of carbonyl (C=O) groups excluding carboxylic acids is 4. The summed E-state index contributed by atoms with van der Waals surface area (Å²) in [5, 5.41) is 5.64. The maximum Gasteiger partial charge on any atom is 0.317 e. The van der Waals surface area contributed by atoms with E-state index in [9.17, 15) is 19.2 Å². The molecule has 0 aliphatic carbocycles. The Morgan fingerprint density at radius 2 is 1.62 bits per heavy atom. The quantitative estimate of drug-likeness (QED) is 0.474. The second-order valence-corrected chi connectivity index (χ2v) is 10.5. The largest absolute Gasteiger partial charge is 0.460 e. The number of hydrogen-bond acceptors (Lipinski definition) is 6. The Hall–Kier alpha value is -3.95. The van der Waals surface area contributed by atoms with Gasteiger partial charge in [-0.25, -0.2) is 9.78 Å². The predicted octanol–water partition coefficient (Wildman–Crippen LogP) is 3.23. The number of pyridine rings is 1. The molecule has 1 aromatic carbocycles. The van der Waals surface area contributed by atoms with Crippen LogP contribution in [0.2, 0.25) is 0 Å². The summed E-state index contributed by atoms with van der Waals surface area (Å²) >= 11 is 0. The Kier molecular flexibility index (Phi) is 10.4. The highest BCUT2D eigenvalue weighted by Crippen LogP contribution is 2.17. The molecule has 1 saturated heterocycles. The summed E-state index contributed by atoms with van der Waals surface area (Å²) in [6.45, 7) is 9.33. The minimum Gasteiger partial charge on any atom is -0.460 e. The summed E-state index contributed by atoms with van der Waals surface area (Å²) in [7, 11) is 0. The SMILES string of the molecule is CCCNC(=O)N1CCN(C(=O)[C@H](CCC(=O)OC(C)(C)C)NC(=O)c2cccc(-c3ccccc3)n2)CC1. The molecule has 210 valence electrons. The van der Waals surface area contributed by atoms with Crippen LogP contribution in [0.15, 0.2) is 48.5 Å². The monoisotopic (exact) mass is 537 g/mol. The third-order valence-corrected chi connectivity index (χ3v) is 6.12. The van der Waals surface area contributed by atoms with Crippen LogP contribution in [0.1, 0.15) is 57.4 Å². The van der Waals surface area contributed by atoms with Crippen LogP contribution in [-0.2, 0) is 14.3 Å². The number of benzene rings is 1. The lowest BCUT2D eigenvalue weighted by atomic mass is 10.1. The van der Waals surface area contributed by atoms with Crippen molar-refractivity contribution in [3.05, 3.63) is 54.2 Å². The predicted molar refractivity (Wildman–Crippen MR) is 148 cm³/mol. The first-order chi connectivity index (χ1) is 18.6. The number of esters is 1. The molecule has 0 radical (unpaired) electrons. The van der Waals surface area contributed by atoms with Gasteiger partial charge in [0.1, 0.15) is 17.3 Å². The van der Waals surface area contributed by atoms with Crippen LogP contribution in [0.5, 0.6) is 0 Å². The molecule has 3 rings (SSSR count). The lowest BCUT2D eigenvalue weighted by Crippen LogP contribution is -2.57. The van der Waals surface area contributed by atoms with Crippen molar-refractivity contribution in [1.82, 2.24) is 25.4 Å². The van der Waals surface area contributed by atoms with Gasteiger partial charge in [0.2, 0.25) is 5.91 Å². The summed E-state index contributed by atoms with van der Waals surface area (Å²) in [5.74, 6) is -1.26. The van der Waals surface area contributed by atoms with E-state index < -0.39 is 23.5 Å². The number of nitrogens with one attached hydrogen (secondary N) is 2. The van der Waals surface area contributed by atoms with Gasteiger partial charge in [-0.3, -0.25) is 14.4 Å². The Morgan fingerprint density at radius 1 is 0.949 bits per heavy atom. The van der Waals surface area contributed by atoms with Gasteiger partial charge in [0.05, 0.1) is 5.69 Å². The smallest absolute Gasteiger partial charge is 0.317 e. The van der Waals surface area contributed by atoms with Gasteiger partial charge in [-0.05, 0) is 45.7 Å². The highest BCUT2D eigenvalue weighted by Gasteiger charge is 2.31. The molecule has 2 aromatic rings. The molecule has 1 atom stereocenters. The molecule has 2 N–H and O–H groups in total. The minimum atomic E-state index is -0.951. The standard InChI is InChI=1S/C29H39N5O5/c1-5-16-30-28(38)34-19-17-33(18-20-34)27(37)24(14-15-25(35)39-29(2,3)4)32-26(36)23-13-9-12-22(31-23)21-10-7-6-8-11-21/h6-13,24H,5,14-20H2,1-4H3,(H,30,38)(H,32,36)/t24-/m0/s1. The van der Waals surface area contributed by atoms with Crippen molar-refractivity contribution < 1.29 is 23.9 Å². The average molecular weight is 538 g/mol. The van der Waals surface area contributed by atoms with Crippen LogP contribution < -0.4 is 10.6 Å². The zero-order chi connectivity index (χ0) is 28.4. The van der Waals surface area contributed by atoms with Crippen molar-refractivity contribution in [3.8, 4) is 11.3 Å². The fraction of sp³-hybridized carbons (Fsp3) is 0.483. The van der Waals surface area contributed by atoms with Crippen molar-refractivity contribution in [2.24, 2.45) is 0 Å². The van der Waals surface area contributed by atoms with Gasteiger partial charge in [0, 0.05) is 44.7 Å². The molecule has 10 heteroatoms. The fourth-order valence-electron chi connectivity index (χ4n) is 4.17. The topological polar surface area (TPSA) is 121 Å². The van der Waals surface area contributed by atoms with Crippen molar-refractivity contribution in [1.29, 1.82) is 0 Å². The lowest BCUT2D eigenvalue weighted by molar-refractivity contribution is -0.155. The van der Waals surface area contributed by atoms with Crippen molar-refractivity contribution in [2.45, 2.75) is 58.6 Å². The molecular weight excluding hydrogens is 498 g/mol. The van der Waals surface area contributed by atoms with Crippen LogP contribution in [0, 0.1) is 0 Å². The van der Waals surface area contributed by atoms with Crippen LogP contribution in [0.4, 0.5) is 4.79 Å². The molecule has 1 aliphatic rings. The molecule has 1 fully saturated rings. The third-order valence-electron chi connectivity index (χ3n) is 6.12. The van der Waals surface area contributed by atoms with Gasteiger partial charge in [-0.1, -0.05) is 43.3 Å². The van der Waals surface area contributed by atoms with Gasteiger partial charge >= 0.3 is 12.0 Å². The first-order valence-electron chi connectivity index (χ1n) is 13.4. The van der Waals surface area contributed by atoms with Gasteiger partial charge in [0.25, 0.3) is 5.91 Å². The summed E-state index contributed by atoms with van der Waals surface area (Å²) < 4.78 is 5.40. The van der Waals surface area contributed by atoms with Crippen molar-refractivity contribution in [3.63, 3.8) is 0 Å². The molecule has 2 heterocycles. The second-order valence-electron chi connectivity index (χ2n) is 10.5. The molecule has 10 nitrogen and oxygen atoms in total. The van der Waals surface area contributed by atoms with E-state index in [1.165, 1.54) is 0 Å². The normalized spacial score (nSPS) is 14.4. The summed E-state index contributed by atoms with van der Waals surface area (Å²) in [5.41, 5.74) is 1.02. The average Bonchev–Trinajstić information content (AvgIpc) is 2.93. The van der Waals surface area contributed by atoms with E-state index in [-0.39, 0.29) is 30.5 Å². The summed E-state index contributed by atoms with van der Waals surface area (Å²) in [6, 6.07) is 13.5. The maximum absolute atomic E-state index is 13.5. The zero-order valence-corrected chi connectivity index (χ0v) is 23.2. The van der Waals surface area contributed by atoms with E-state index in [0.717, 1.165) is 12.0 Å². The highest BCUT2D eigenvalue weighted by atomic mass is 16.6. The molecular formula is C29H39N5O5. The van der Waals surface area contributed by atoms with Crippen LogP contribution in [-0.4, -0.2) is 83.0 Å². The molecule has 0 bridgehead atoms. The maximum atomic E-state index is 13.5. The van der Waals surface area contributed by atoms with Crippen molar-refractivity contribution >= 4 is 23.8 Å². The lowest BCUT2D eigenvalue weighted by Gasteiger charge is -2.36. The number of piperazine rings is 1. The molecule has 0 spiro atoms. The number of amides is 4. The molecule has 39 heavy (non-hydrogen) atoms. The number of urea groups is 1. The van der Waals surface area contributed by atoms with E-state index in [1.54, 1.807) is 42.7 Å². The Labute approximate surface area is 230 Å². The number of nitrogens with zero attached hydrogens (tertiary/aromatic N) is 3. The van der Waals surface area contributed by atoms with Crippen LogP contribution in [0.25, 0.3) is 11.3 Å². The molecule has 0 unspecified atom stereocenters. The Morgan fingerprint density at radius 3 is 2.26 bits per heavy atom. The van der Waals surface area contributed by atoms with Crippen molar-refractivity contribution in [2.75, 3.05) is 32.7 Å². The van der Waals surface area contributed by atoms with Gasteiger partial charge < -0.3 is 25.2 Å². The third kappa shape index (κ3) is 9.08. The zero-order valence-electron chi connectivity index (χ0n) is 23.2. The van der Waals surface area contributed by atoms with Gasteiger partial charge in [0.15, 0.2) is 0 Å². The molecule has 0 saturated carbocycles. The minimum absolute atomic E-state index is 0.0369. The first kappa shape index (κ1) is 29.6. The van der Waals surface area contributed by atoms with E-state index in [1.807, 2.05) is 43.3 Å². The Balaban J connectivity index is 1.71. The van der Waals surface area contributed by atoms with E-state index in [2.05, 4.69) is 15.6 Å². The number of ether oxygens (including phenoxy) is 1. The van der Waals surface area contributed by atoms with E-state index in [0.29, 0.717) is 38.4 Å². The molecule has 4 amide bonds. The summed E-state index contributed by atoms with van der Waals surface area (Å²) in [4.78, 5) is 59.2. The highest BCUT2D eigenvalue weighted by molar-refractivity contribution is 5.96. The fourth-order valence-corrected chi connectivity index (χ4v) is 4.17. The Bertz CT molecular complexity index is 1140. The number of hydrogen-bond donors (Lipinski definition) is 2. The van der Waals surface area contributed by atoms with E-state index >= 15 is 0 Å². The van der Waals surface area contributed by atoms with Crippen LogP contribution >= 0.6 is 0 Å². The van der Waals surface area contributed by atoms with Gasteiger partial charge in [-0.15, -0.1) is 0 Å². The first-order valence-corrected chi connectivity index (χ1v) is 13.4. The summed E-state index contributed by atoms with van der Waals surface area (Å²) in [6.07, 6.45) is 0.881. The van der Waals surface area contributed by atoms with E-state index in [4.69, 9.17) is 4.74 Å². The van der Waals surface area contributed by atoms with Gasteiger partial charge in [-0.2, -0.15) is 0 Å². The number of aromatic nitrogens is 1. The number of carbonyl (C=O) groups is 4. The molecule has 1 aromatic heterocycles. The molecule has 1 aliphatic heterocycles. The number of rotatable bonds is 9. The van der Waals surface area contributed by atoms with Crippen LogP contribution in [0.3, 0.4) is 0 Å². The second kappa shape index (κ2) is 13.7.